The molecule has 5 heteroatoms. The topological polar surface area (TPSA) is 66.4 Å². The molecule has 0 amide bonds. The SMILES string of the molecule is Cc1cc(C)c(S(=O)(=O)NCC2CCCCC2O)c(C)c1. The van der Waals surface area contributed by atoms with Gasteiger partial charge in [-0.1, -0.05) is 30.5 Å². The second kappa shape index (κ2) is 6.46. The summed E-state index contributed by atoms with van der Waals surface area (Å²) in [5.74, 6) is 0.0274. The Morgan fingerprint density at radius 2 is 1.71 bits per heavy atom. The highest BCUT2D eigenvalue weighted by atomic mass is 32.2. The normalized spacial score (nSPS) is 23.2. The summed E-state index contributed by atoms with van der Waals surface area (Å²) >= 11 is 0. The van der Waals surface area contributed by atoms with Crippen molar-refractivity contribution in [3.63, 3.8) is 0 Å². The Morgan fingerprint density at radius 3 is 2.29 bits per heavy atom. The molecular weight excluding hydrogens is 286 g/mol. The summed E-state index contributed by atoms with van der Waals surface area (Å²) in [6, 6.07) is 3.77. The molecule has 0 bridgehead atoms. The molecule has 2 rings (SSSR count). The van der Waals surface area contributed by atoms with Crippen LogP contribution in [0.25, 0.3) is 0 Å². The van der Waals surface area contributed by atoms with E-state index in [4.69, 9.17) is 0 Å². The fourth-order valence-corrected chi connectivity index (χ4v) is 4.85. The van der Waals surface area contributed by atoms with Crippen LogP contribution < -0.4 is 4.72 Å². The van der Waals surface area contributed by atoms with Gasteiger partial charge in [-0.25, -0.2) is 13.1 Å². The van der Waals surface area contributed by atoms with E-state index in [9.17, 15) is 13.5 Å². The second-order valence-electron chi connectivity index (χ2n) is 6.19. The zero-order chi connectivity index (χ0) is 15.6. The number of rotatable bonds is 4. The van der Waals surface area contributed by atoms with Gasteiger partial charge in [0.25, 0.3) is 0 Å². The molecule has 2 N–H and O–H groups in total. The fraction of sp³-hybridized carbons (Fsp3) is 0.625. The molecule has 118 valence electrons. The van der Waals surface area contributed by atoms with Crippen molar-refractivity contribution in [1.29, 1.82) is 0 Å². The molecule has 1 aromatic rings. The van der Waals surface area contributed by atoms with Crippen molar-refractivity contribution in [2.24, 2.45) is 5.92 Å². The average Bonchev–Trinajstić information content (AvgIpc) is 2.36. The molecule has 4 nitrogen and oxygen atoms in total. The molecule has 1 fully saturated rings. The summed E-state index contributed by atoms with van der Waals surface area (Å²) in [7, 11) is -3.52. The van der Waals surface area contributed by atoms with Crippen LogP contribution in [0.4, 0.5) is 0 Å². The van der Waals surface area contributed by atoms with Crippen molar-refractivity contribution < 1.29 is 13.5 Å². The van der Waals surface area contributed by atoms with Gasteiger partial charge >= 0.3 is 0 Å². The third-order valence-electron chi connectivity index (χ3n) is 4.28. The fourth-order valence-electron chi connectivity index (χ4n) is 3.31. The summed E-state index contributed by atoms with van der Waals surface area (Å²) in [5.41, 5.74) is 2.60. The van der Waals surface area contributed by atoms with E-state index in [2.05, 4.69) is 4.72 Å². The van der Waals surface area contributed by atoms with Gasteiger partial charge in [0.15, 0.2) is 0 Å². The molecule has 0 saturated heterocycles. The van der Waals surface area contributed by atoms with Gasteiger partial charge in [-0.15, -0.1) is 0 Å². The van der Waals surface area contributed by atoms with E-state index >= 15 is 0 Å². The number of sulfonamides is 1. The number of aliphatic hydroxyl groups excluding tert-OH is 1. The summed E-state index contributed by atoms with van der Waals surface area (Å²) in [5, 5.41) is 9.95. The molecule has 0 radical (unpaired) electrons. The third kappa shape index (κ3) is 3.84. The van der Waals surface area contributed by atoms with Gasteiger partial charge in [0, 0.05) is 6.54 Å². The molecule has 0 aliphatic heterocycles. The quantitative estimate of drug-likeness (QED) is 0.897. The first-order chi connectivity index (χ1) is 9.81. The highest BCUT2D eigenvalue weighted by molar-refractivity contribution is 7.89. The lowest BCUT2D eigenvalue weighted by Crippen LogP contribution is -2.37. The van der Waals surface area contributed by atoms with E-state index in [0.29, 0.717) is 11.4 Å². The molecular formula is C16H25NO3S. The van der Waals surface area contributed by atoms with Gasteiger partial charge in [0.05, 0.1) is 11.0 Å². The number of nitrogens with one attached hydrogen (secondary N) is 1. The van der Waals surface area contributed by atoms with Crippen LogP contribution in [0.2, 0.25) is 0 Å². The van der Waals surface area contributed by atoms with E-state index in [-0.39, 0.29) is 12.0 Å². The lowest BCUT2D eigenvalue weighted by Gasteiger charge is -2.27. The Labute approximate surface area is 127 Å². The minimum atomic E-state index is -3.52. The Hall–Kier alpha value is -0.910. The molecule has 1 saturated carbocycles. The predicted octanol–water partition coefficient (Wildman–Crippen LogP) is 2.44. The van der Waals surface area contributed by atoms with Crippen LogP contribution in [0, 0.1) is 26.7 Å². The molecule has 1 aliphatic rings. The number of hydrogen-bond acceptors (Lipinski definition) is 3. The van der Waals surface area contributed by atoms with Crippen LogP contribution in [-0.4, -0.2) is 26.2 Å². The van der Waals surface area contributed by atoms with Crippen molar-refractivity contribution in [2.75, 3.05) is 6.54 Å². The van der Waals surface area contributed by atoms with Crippen LogP contribution >= 0.6 is 0 Å². The maximum atomic E-state index is 12.5. The summed E-state index contributed by atoms with van der Waals surface area (Å²) < 4.78 is 27.8. The smallest absolute Gasteiger partial charge is 0.241 e. The van der Waals surface area contributed by atoms with Gasteiger partial charge in [0.1, 0.15) is 0 Å². The molecule has 1 aromatic carbocycles. The van der Waals surface area contributed by atoms with Crippen LogP contribution in [0.5, 0.6) is 0 Å². The first-order valence-corrected chi connectivity index (χ1v) is 9.05. The second-order valence-corrected chi connectivity index (χ2v) is 7.90. The number of benzene rings is 1. The third-order valence-corrected chi connectivity index (χ3v) is 6.01. The van der Waals surface area contributed by atoms with Gasteiger partial charge in [0.2, 0.25) is 10.0 Å². The Kier molecular flexibility index (Phi) is 5.07. The summed E-state index contributed by atoms with van der Waals surface area (Å²) in [4.78, 5) is 0.374. The summed E-state index contributed by atoms with van der Waals surface area (Å²) in [6.45, 7) is 5.92. The van der Waals surface area contributed by atoms with Gasteiger partial charge in [-0.05, 0) is 50.7 Å². The Bertz CT molecular complexity index is 587. The molecule has 0 heterocycles. The molecule has 1 aliphatic carbocycles. The first kappa shape index (κ1) is 16.5. The minimum Gasteiger partial charge on any atom is -0.393 e. The summed E-state index contributed by atoms with van der Waals surface area (Å²) in [6.07, 6.45) is 3.36. The van der Waals surface area contributed by atoms with Gasteiger partial charge in [-0.2, -0.15) is 0 Å². The standard InChI is InChI=1S/C16H25NO3S/c1-11-8-12(2)16(13(3)9-11)21(19,20)17-10-14-6-4-5-7-15(14)18/h8-9,14-15,17-18H,4-7,10H2,1-3H3. The van der Waals surface area contributed by atoms with Crippen molar-refractivity contribution in [1.82, 2.24) is 4.72 Å². The van der Waals surface area contributed by atoms with E-state index in [1.807, 2.05) is 32.9 Å². The monoisotopic (exact) mass is 311 g/mol. The van der Waals surface area contributed by atoms with E-state index in [1.165, 1.54) is 0 Å². The van der Waals surface area contributed by atoms with Gasteiger partial charge in [-0.3, -0.25) is 0 Å². The average molecular weight is 311 g/mol. The van der Waals surface area contributed by atoms with Crippen LogP contribution in [0.3, 0.4) is 0 Å². The highest BCUT2D eigenvalue weighted by Crippen LogP contribution is 2.25. The number of hydrogen-bond donors (Lipinski definition) is 2. The van der Waals surface area contributed by atoms with E-state index < -0.39 is 10.0 Å². The van der Waals surface area contributed by atoms with E-state index in [1.54, 1.807) is 0 Å². The number of aryl methyl sites for hydroxylation is 3. The first-order valence-electron chi connectivity index (χ1n) is 7.57. The number of aliphatic hydroxyl groups is 1. The zero-order valence-electron chi connectivity index (χ0n) is 13.0. The van der Waals surface area contributed by atoms with Crippen LogP contribution in [-0.2, 0) is 10.0 Å². The highest BCUT2D eigenvalue weighted by Gasteiger charge is 2.26. The minimum absolute atomic E-state index is 0.0274. The van der Waals surface area contributed by atoms with Crippen LogP contribution in [0.1, 0.15) is 42.4 Å². The van der Waals surface area contributed by atoms with Gasteiger partial charge < -0.3 is 5.11 Å². The zero-order valence-corrected chi connectivity index (χ0v) is 13.8. The molecule has 0 spiro atoms. The van der Waals surface area contributed by atoms with E-state index in [0.717, 1.165) is 42.4 Å². The van der Waals surface area contributed by atoms with Crippen molar-refractivity contribution >= 4 is 10.0 Å². The largest absolute Gasteiger partial charge is 0.393 e. The maximum Gasteiger partial charge on any atom is 0.241 e. The molecule has 2 atom stereocenters. The Morgan fingerprint density at radius 1 is 1.14 bits per heavy atom. The molecule has 21 heavy (non-hydrogen) atoms. The van der Waals surface area contributed by atoms with Crippen molar-refractivity contribution in [3.8, 4) is 0 Å². The molecule has 2 unspecified atom stereocenters. The van der Waals surface area contributed by atoms with Crippen molar-refractivity contribution in [2.45, 2.75) is 57.5 Å². The Balaban J connectivity index is 2.15. The predicted molar refractivity (Wildman–Crippen MR) is 83.8 cm³/mol. The lowest BCUT2D eigenvalue weighted by molar-refractivity contribution is 0.0724. The van der Waals surface area contributed by atoms with Crippen LogP contribution in [0.15, 0.2) is 17.0 Å². The van der Waals surface area contributed by atoms with Crippen molar-refractivity contribution in [3.05, 3.63) is 28.8 Å². The lowest BCUT2D eigenvalue weighted by atomic mass is 9.87. The maximum absolute atomic E-state index is 12.5. The molecule has 0 aromatic heterocycles.